The van der Waals surface area contributed by atoms with Gasteiger partial charge in [-0.25, -0.2) is 4.98 Å². The summed E-state index contributed by atoms with van der Waals surface area (Å²) in [5, 5.41) is 1.23. The van der Waals surface area contributed by atoms with E-state index in [1.807, 2.05) is 37.3 Å². The highest BCUT2D eigenvalue weighted by Crippen LogP contribution is 2.28. The van der Waals surface area contributed by atoms with Crippen molar-refractivity contribution in [2.45, 2.75) is 24.8 Å². The van der Waals surface area contributed by atoms with Gasteiger partial charge in [0.15, 0.2) is 10.9 Å². The first-order chi connectivity index (χ1) is 12.5. The molecule has 0 aliphatic carbocycles. The highest BCUT2D eigenvalue weighted by Gasteiger charge is 2.12. The molecule has 0 N–H and O–H groups in total. The molecule has 0 unspecified atom stereocenters. The van der Waals surface area contributed by atoms with Crippen LogP contribution in [0.1, 0.15) is 29.8 Å². The molecule has 0 radical (unpaired) electrons. The van der Waals surface area contributed by atoms with Crippen LogP contribution in [0.25, 0.3) is 10.9 Å². The quantitative estimate of drug-likeness (QED) is 0.376. The standard InChI is InChI=1S/C20H20N2O3S/c1-4-25-18-10-9-14(13(2)23)11-15(18)12-26-20-21-17-8-6-5-7-16(17)19(24)22(20)3/h5-11H,4,12H2,1-3H3. The van der Waals surface area contributed by atoms with Crippen LogP contribution in [0.4, 0.5) is 0 Å². The maximum Gasteiger partial charge on any atom is 0.261 e. The minimum atomic E-state index is -0.0689. The van der Waals surface area contributed by atoms with Gasteiger partial charge in [-0.3, -0.25) is 14.2 Å². The summed E-state index contributed by atoms with van der Waals surface area (Å²) in [5.74, 6) is 1.31. The van der Waals surface area contributed by atoms with Gasteiger partial charge >= 0.3 is 0 Å². The number of nitrogens with zero attached hydrogens (tertiary/aromatic N) is 2. The van der Waals surface area contributed by atoms with Gasteiger partial charge in [0.25, 0.3) is 5.56 Å². The second-order valence-corrected chi connectivity index (χ2v) is 6.82. The second-order valence-electron chi connectivity index (χ2n) is 5.88. The molecule has 6 heteroatoms. The zero-order valence-electron chi connectivity index (χ0n) is 15.0. The van der Waals surface area contributed by atoms with Crippen molar-refractivity contribution >= 4 is 28.4 Å². The summed E-state index contributed by atoms with van der Waals surface area (Å²) >= 11 is 1.45. The number of hydrogen-bond acceptors (Lipinski definition) is 5. The van der Waals surface area contributed by atoms with E-state index in [4.69, 9.17) is 4.74 Å². The molecule has 2 aromatic carbocycles. The molecular weight excluding hydrogens is 348 g/mol. The highest BCUT2D eigenvalue weighted by atomic mass is 32.2. The van der Waals surface area contributed by atoms with Gasteiger partial charge in [0.1, 0.15) is 5.75 Å². The van der Waals surface area contributed by atoms with Crippen LogP contribution in [0.3, 0.4) is 0 Å². The van der Waals surface area contributed by atoms with Crippen LogP contribution < -0.4 is 10.3 Å². The first-order valence-electron chi connectivity index (χ1n) is 8.36. The highest BCUT2D eigenvalue weighted by molar-refractivity contribution is 7.98. The number of fused-ring (bicyclic) bond motifs is 1. The number of rotatable bonds is 6. The number of hydrogen-bond donors (Lipinski definition) is 0. The summed E-state index contributed by atoms with van der Waals surface area (Å²) in [4.78, 5) is 28.8. The number of Topliss-reactive ketones (excluding diaryl/α,β-unsaturated/α-hetero) is 1. The Kier molecular flexibility index (Phi) is 5.42. The molecule has 0 aliphatic rings. The molecule has 1 aromatic heterocycles. The fraction of sp³-hybridized carbons (Fsp3) is 0.250. The van der Waals surface area contributed by atoms with Crippen molar-refractivity contribution in [3.63, 3.8) is 0 Å². The predicted molar refractivity (Wildman–Crippen MR) is 104 cm³/mol. The third-order valence-electron chi connectivity index (χ3n) is 4.07. The Hall–Kier alpha value is -2.60. The van der Waals surface area contributed by atoms with E-state index in [1.165, 1.54) is 11.8 Å². The largest absolute Gasteiger partial charge is 0.494 e. The summed E-state index contributed by atoms with van der Waals surface area (Å²) in [5.41, 5.74) is 2.16. The predicted octanol–water partition coefficient (Wildman–Crippen LogP) is 3.83. The second kappa shape index (κ2) is 7.74. The van der Waals surface area contributed by atoms with Crippen molar-refractivity contribution in [1.82, 2.24) is 9.55 Å². The van der Waals surface area contributed by atoms with E-state index in [0.717, 1.165) is 11.3 Å². The summed E-state index contributed by atoms with van der Waals surface area (Å²) in [6.07, 6.45) is 0. The Labute approximate surface area is 156 Å². The van der Waals surface area contributed by atoms with Crippen LogP contribution >= 0.6 is 11.8 Å². The van der Waals surface area contributed by atoms with Crippen molar-refractivity contribution in [1.29, 1.82) is 0 Å². The van der Waals surface area contributed by atoms with Crippen LogP contribution in [0.5, 0.6) is 5.75 Å². The molecule has 134 valence electrons. The lowest BCUT2D eigenvalue weighted by atomic mass is 10.1. The molecule has 1 heterocycles. The maximum absolute atomic E-state index is 12.5. The first-order valence-corrected chi connectivity index (χ1v) is 9.35. The van der Waals surface area contributed by atoms with E-state index in [-0.39, 0.29) is 11.3 Å². The zero-order chi connectivity index (χ0) is 18.7. The van der Waals surface area contributed by atoms with Crippen LogP contribution in [0.2, 0.25) is 0 Å². The van der Waals surface area contributed by atoms with Crippen LogP contribution in [-0.2, 0) is 12.8 Å². The molecule has 0 amide bonds. The average molecular weight is 368 g/mol. The Bertz CT molecular complexity index is 1030. The summed E-state index contributed by atoms with van der Waals surface area (Å²) < 4.78 is 7.23. The van der Waals surface area contributed by atoms with Gasteiger partial charge < -0.3 is 4.74 Å². The number of carbonyl (C=O) groups excluding carboxylic acids is 1. The summed E-state index contributed by atoms with van der Waals surface area (Å²) in [6, 6.07) is 12.8. The van der Waals surface area contributed by atoms with Crippen molar-refractivity contribution in [2.75, 3.05) is 6.61 Å². The number of ether oxygens (including phenoxy) is 1. The molecule has 5 nitrogen and oxygen atoms in total. The number of aromatic nitrogens is 2. The molecule has 0 aliphatic heterocycles. The third-order valence-corrected chi connectivity index (χ3v) is 5.14. The van der Waals surface area contributed by atoms with E-state index < -0.39 is 0 Å². The van der Waals surface area contributed by atoms with Gasteiger partial charge in [0.2, 0.25) is 0 Å². The third kappa shape index (κ3) is 3.65. The van der Waals surface area contributed by atoms with E-state index in [2.05, 4.69) is 4.98 Å². The zero-order valence-corrected chi connectivity index (χ0v) is 15.8. The normalized spacial score (nSPS) is 10.9. The Morgan fingerprint density at radius 1 is 1.23 bits per heavy atom. The van der Waals surface area contributed by atoms with Gasteiger partial charge in [-0.1, -0.05) is 23.9 Å². The molecule has 0 fully saturated rings. The molecule has 0 bridgehead atoms. The van der Waals surface area contributed by atoms with E-state index in [1.54, 1.807) is 30.7 Å². The number of ketones is 1. The van der Waals surface area contributed by atoms with Crippen LogP contribution in [0.15, 0.2) is 52.4 Å². The monoisotopic (exact) mass is 368 g/mol. The fourth-order valence-electron chi connectivity index (χ4n) is 2.68. The molecule has 3 rings (SSSR count). The van der Waals surface area contributed by atoms with Gasteiger partial charge in [-0.05, 0) is 44.2 Å². The number of para-hydroxylation sites is 1. The average Bonchev–Trinajstić information content (AvgIpc) is 2.64. The number of benzene rings is 2. The molecular formula is C20H20N2O3S. The van der Waals surface area contributed by atoms with E-state index in [9.17, 15) is 9.59 Å². The van der Waals surface area contributed by atoms with Crippen molar-refractivity contribution in [3.05, 3.63) is 63.9 Å². The van der Waals surface area contributed by atoms with E-state index >= 15 is 0 Å². The Balaban J connectivity index is 1.95. The lowest BCUT2D eigenvalue weighted by Crippen LogP contribution is -2.19. The van der Waals surface area contributed by atoms with Crippen LogP contribution in [-0.4, -0.2) is 21.9 Å². The van der Waals surface area contributed by atoms with Crippen LogP contribution in [0, 0.1) is 0 Å². The topological polar surface area (TPSA) is 61.2 Å². The van der Waals surface area contributed by atoms with Crippen molar-refractivity contribution in [3.8, 4) is 5.75 Å². The Morgan fingerprint density at radius 2 is 2.00 bits per heavy atom. The molecule has 26 heavy (non-hydrogen) atoms. The minimum absolute atomic E-state index is 0.00975. The lowest BCUT2D eigenvalue weighted by Gasteiger charge is -2.12. The lowest BCUT2D eigenvalue weighted by molar-refractivity contribution is 0.101. The van der Waals surface area contributed by atoms with E-state index in [0.29, 0.717) is 34.0 Å². The van der Waals surface area contributed by atoms with Gasteiger partial charge in [-0.2, -0.15) is 0 Å². The smallest absolute Gasteiger partial charge is 0.261 e. The SMILES string of the molecule is CCOc1ccc(C(C)=O)cc1CSc1nc2ccccc2c(=O)n1C. The number of carbonyl (C=O) groups is 1. The summed E-state index contributed by atoms with van der Waals surface area (Å²) in [7, 11) is 1.72. The molecule has 0 saturated heterocycles. The van der Waals surface area contributed by atoms with Gasteiger partial charge in [-0.15, -0.1) is 0 Å². The first kappa shape index (κ1) is 18.2. The summed E-state index contributed by atoms with van der Waals surface area (Å²) in [6.45, 7) is 4.01. The minimum Gasteiger partial charge on any atom is -0.494 e. The molecule has 0 spiro atoms. The fourth-order valence-corrected chi connectivity index (χ4v) is 3.63. The molecule has 0 saturated carbocycles. The Morgan fingerprint density at radius 3 is 2.73 bits per heavy atom. The molecule has 3 aromatic rings. The maximum atomic E-state index is 12.5. The van der Waals surface area contributed by atoms with Gasteiger partial charge in [0.05, 0.1) is 17.5 Å². The van der Waals surface area contributed by atoms with Gasteiger partial charge in [0, 0.05) is 23.9 Å². The van der Waals surface area contributed by atoms with Crippen molar-refractivity contribution < 1.29 is 9.53 Å². The number of thioether (sulfide) groups is 1. The molecule has 0 atom stereocenters. The van der Waals surface area contributed by atoms with Crippen molar-refractivity contribution in [2.24, 2.45) is 7.05 Å².